The summed E-state index contributed by atoms with van der Waals surface area (Å²) in [6.07, 6.45) is 8.07. The third-order valence-electron chi connectivity index (χ3n) is 5.84. The maximum Gasteiger partial charge on any atom is 0.191 e. The lowest BCUT2D eigenvalue weighted by molar-refractivity contribution is -0.113. The van der Waals surface area contributed by atoms with E-state index < -0.39 is 0 Å². The molecule has 1 heterocycles. The summed E-state index contributed by atoms with van der Waals surface area (Å²) < 4.78 is 6.05. The molecule has 0 radical (unpaired) electrons. The fraction of sp³-hybridized carbons (Fsp3) is 0.850. The summed E-state index contributed by atoms with van der Waals surface area (Å²) in [7, 11) is 1.86. The lowest BCUT2D eigenvalue weighted by Gasteiger charge is -2.52. The molecule has 1 saturated carbocycles. The number of nitrogens with one attached hydrogen (secondary N) is 2. The zero-order valence-electron chi connectivity index (χ0n) is 17.1. The number of aliphatic imine (C=N–C) groups is 1. The van der Waals surface area contributed by atoms with Crippen LogP contribution in [0.3, 0.4) is 0 Å². The van der Waals surface area contributed by atoms with Crippen LogP contribution in [0.2, 0.25) is 0 Å². The van der Waals surface area contributed by atoms with E-state index in [0.717, 1.165) is 57.9 Å². The van der Waals surface area contributed by atoms with Crippen molar-refractivity contribution in [3.63, 3.8) is 0 Å². The molecule has 0 amide bonds. The van der Waals surface area contributed by atoms with Crippen molar-refractivity contribution < 1.29 is 4.74 Å². The monoisotopic (exact) mass is 478 g/mol. The fourth-order valence-electron chi connectivity index (χ4n) is 3.75. The zero-order valence-corrected chi connectivity index (χ0v) is 19.4. The van der Waals surface area contributed by atoms with Crippen LogP contribution in [-0.4, -0.2) is 62.3 Å². The molecular formula is C20H39IN4O. The molecule has 2 aliphatic rings. The van der Waals surface area contributed by atoms with Crippen LogP contribution in [0, 0.1) is 5.41 Å². The molecule has 1 aliphatic heterocycles. The van der Waals surface area contributed by atoms with Crippen molar-refractivity contribution in [3.8, 4) is 0 Å². The Kier molecular flexibility index (Phi) is 10.5. The summed E-state index contributed by atoms with van der Waals surface area (Å²) in [4.78, 5) is 6.90. The van der Waals surface area contributed by atoms with Gasteiger partial charge >= 0.3 is 0 Å². The van der Waals surface area contributed by atoms with Gasteiger partial charge in [-0.15, -0.1) is 30.6 Å². The van der Waals surface area contributed by atoms with Crippen molar-refractivity contribution in [3.05, 3.63) is 12.7 Å². The van der Waals surface area contributed by atoms with E-state index >= 15 is 0 Å². The molecule has 2 unspecified atom stereocenters. The lowest BCUT2D eigenvalue weighted by atomic mass is 9.64. The first-order valence-corrected chi connectivity index (χ1v) is 9.96. The third kappa shape index (κ3) is 6.37. The van der Waals surface area contributed by atoms with Gasteiger partial charge in [0.05, 0.1) is 6.10 Å². The number of halogens is 1. The predicted molar refractivity (Wildman–Crippen MR) is 122 cm³/mol. The zero-order chi connectivity index (χ0) is 18.3. The molecule has 0 aromatic rings. The first-order valence-electron chi connectivity index (χ1n) is 9.96. The molecule has 2 atom stereocenters. The summed E-state index contributed by atoms with van der Waals surface area (Å²) in [5, 5.41) is 7.24. The summed E-state index contributed by atoms with van der Waals surface area (Å²) >= 11 is 0. The second kappa shape index (κ2) is 11.5. The maximum atomic E-state index is 6.05. The molecule has 152 valence electrons. The van der Waals surface area contributed by atoms with E-state index in [1.165, 1.54) is 6.42 Å². The second-order valence-corrected chi connectivity index (χ2v) is 8.05. The van der Waals surface area contributed by atoms with Gasteiger partial charge in [-0.3, -0.25) is 9.89 Å². The Labute approximate surface area is 177 Å². The standard InChI is InChI=1S/C20H38N4O.HI/c1-6-8-14-25-18-15-17(20(18,3)4)23-19(21-5)22-16-9-12-24(11-7-2)13-10-16;/h7,16-18H,2,6,8-15H2,1,3-5H3,(H2,21,22,23);1H. The summed E-state index contributed by atoms with van der Waals surface area (Å²) in [5.74, 6) is 0.937. The highest BCUT2D eigenvalue weighted by molar-refractivity contribution is 14.0. The number of likely N-dealkylation sites (tertiary alicyclic amines) is 1. The van der Waals surface area contributed by atoms with E-state index in [0.29, 0.717) is 18.2 Å². The Bertz CT molecular complexity index is 447. The van der Waals surface area contributed by atoms with Crippen molar-refractivity contribution in [1.29, 1.82) is 0 Å². The van der Waals surface area contributed by atoms with Gasteiger partial charge in [-0.1, -0.05) is 33.3 Å². The minimum absolute atomic E-state index is 0. The van der Waals surface area contributed by atoms with E-state index in [1.54, 1.807) is 0 Å². The summed E-state index contributed by atoms with van der Waals surface area (Å²) in [6.45, 7) is 14.8. The van der Waals surface area contributed by atoms with Crippen LogP contribution in [0.1, 0.15) is 52.9 Å². The van der Waals surface area contributed by atoms with Gasteiger partial charge in [0.2, 0.25) is 0 Å². The molecule has 0 bridgehead atoms. The fourth-order valence-corrected chi connectivity index (χ4v) is 3.75. The Morgan fingerprint density at radius 3 is 2.54 bits per heavy atom. The number of rotatable bonds is 8. The topological polar surface area (TPSA) is 48.9 Å². The van der Waals surface area contributed by atoms with E-state index in [9.17, 15) is 0 Å². The normalized spacial score (nSPS) is 26.5. The van der Waals surface area contributed by atoms with Gasteiger partial charge in [-0.05, 0) is 25.7 Å². The van der Waals surface area contributed by atoms with Crippen molar-refractivity contribution in [1.82, 2.24) is 15.5 Å². The van der Waals surface area contributed by atoms with Gasteiger partial charge < -0.3 is 15.4 Å². The molecule has 0 spiro atoms. The van der Waals surface area contributed by atoms with E-state index in [1.807, 2.05) is 13.1 Å². The van der Waals surface area contributed by atoms with Crippen molar-refractivity contribution in [2.45, 2.75) is 71.1 Å². The highest BCUT2D eigenvalue weighted by atomic mass is 127. The molecule has 1 aliphatic carbocycles. The first-order chi connectivity index (χ1) is 12.0. The number of piperidine rings is 1. The number of hydrogen-bond acceptors (Lipinski definition) is 3. The van der Waals surface area contributed by atoms with Crippen LogP contribution in [0.15, 0.2) is 17.6 Å². The molecule has 1 saturated heterocycles. The van der Waals surface area contributed by atoms with Crippen LogP contribution in [0.5, 0.6) is 0 Å². The molecule has 2 fully saturated rings. The summed E-state index contributed by atoms with van der Waals surface area (Å²) in [5.41, 5.74) is 0.151. The molecule has 26 heavy (non-hydrogen) atoms. The average molecular weight is 478 g/mol. The Hall–Kier alpha value is -0.340. The SMILES string of the molecule is C=CCN1CCC(NC(=NC)NC2CC(OCCCC)C2(C)C)CC1.I. The predicted octanol–water partition coefficient (Wildman–Crippen LogP) is 3.40. The highest BCUT2D eigenvalue weighted by Crippen LogP contribution is 2.42. The van der Waals surface area contributed by atoms with Crippen LogP contribution >= 0.6 is 24.0 Å². The molecule has 5 nitrogen and oxygen atoms in total. The van der Waals surface area contributed by atoms with Gasteiger partial charge in [-0.2, -0.15) is 0 Å². The number of ether oxygens (including phenoxy) is 1. The summed E-state index contributed by atoms with van der Waals surface area (Å²) in [6, 6.07) is 0.929. The second-order valence-electron chi connectivity index (χ2n) is 8.05. The maximum absolute atomic E-state index is 6.05. The van der Waals surface area contributed by atoms with Crippen LogP contribution in [0.25, 0.3) is 0 Å². The van der Waals surface area contributed by atoms with Crippen LogP contribution in [-0.2, 0) is 4.74 Å². The molecule has 0 aromatic heterocycles. The molecular weight excluding hydrogens is 439 g/mol. The van der Waals surface area contributed by atoms with E-state index in [2.05, 4.69) is 47.9 Å². The molecule has 0 aromatic carbocycles. The molecule has 6 heteroatoms. The van der Waals surface area contributed by atoms with Gasteiger partial charge in [0.25, 0.3) is 0 Å². The number of hydrogen-bond donors (Lipinski definition) is 2. The largest absolute Gasteiger partial charge is 0.378 e. The molecule has 2 rings (SSSR count). The minimum atomic E-state index is 0. The molecule has 2 N–H and O–H groups in total. The average Bonchev–Trinajstić information content (AvgIpc) is 2.61. The van der Waals surface area contributed by atoms with Gasteiger partial charge in [0.15, 0.2) is 5.96 Å². The quantitative estimate of drug-likeness (QED) is 0.185. The van der Waals surface area contributed by atoms with Crippen molar-refractivity contribution >= 4 is 29.9 Å². The Morgan fingerprint density at radius 1 is 1.31 bits per heavy atom. The third-order valence-corrected chi connectivity index (χ3v) is 5.84. The van der Waals surface area contributed by atoms with Crippen molar-refractivity contribution in [2.75, 3.05) is 33.3 Å². The number of guanidine groups is 1. The van der Waals surface area contributed by atoms with Gasteiger partial charge in [-0.25, -0.2) is 0 Å². The van der Waals surface area contributed by atoms with Crippen LogP contribution < -0.4 is 10.6 Å². The van der Waals surface area contributed by atoms with Gasteiger partial charge in [0.1, 0.15) is 0 Å². The van der Waals surface area contributed by atoms with Gasteiger partial charge in [0, 0.05) is 50.8 Å². The van der Waals surface area contributed by atoms with E-state index in [-0.39, 0.29) is 29.4 Å². The Morgan fingerprint density at radius 2 is 2.00 bits per heavy atom. The lowest BCUT2D eigenvalue weighted by Crippen LogP contribution is -2.64. The smallest absolute Gasteiger partial charge is 0.191 e. The number of nitrogens with zero attached hydrogens (tertiary/aromatic N) is 2. The Balaban J connectivity index is 0.00000338. The minimum Gasteiger partial charge on any atom is -0.378 e. The number of unbranched alkanes of at least 4 members (excludes halogenated alkanes) is 1. The van der Waals surface area contributed by atoms with E-state index in [4.69, 9.17) is 4.74 Å². The first kappa shape index (κ1) is 23.7. The highest BCUT2D eigenvalue weighted by Gasteiger charge is 2.49. The van der Waals surface area contributed by atoms with Crippen molar-refractivity contribution in [2.24, 2.45) is 10.4 Å². The van der Waals surface area contributed by atoms with Crippen LogP contribution in [0.4, 0.5) is 0 Å².